The number of phosphoric ester groups is 1. The SMILES string of the molecule is CCCOC(CC)(CCC)OOP(=O)(O)OCC. The molecule has 0 aromatic rings. The number of hydrogen-bond acceptors (Lipinski definition) is 5. The van der Waals surface area contributed by atoms with E-state index in [0.717, 1.165) is 12.8 Å². The van der Waals surface area contributed by atoms with Crippen LogP contribution in [0.2, 0.25) is 0 Å². The maximum Gasteiger partial charge on any atom is 0.499 e. The second-order valence-corrected chi connectivity index (χ2v) is 5.25. The molecule has 2 unspecified atom stereocenters. The third-order valence-corrected chi connectivity index (χ3v) is 3.16. The molecule has 0 aliphatic carbocycles. The van der Waals surface area contributed by atoms with Gasteiger partial charge in [0.2, 0.25) is 5.79 Å². The zero-order valence-corrected chi connectivity index (χ0v) is 12.6. The van der Waals surface area contributed by atoms with Gasteiger partial charge in [-0.2, -0.15) is 4.89 Å². The zero-order chi connectivity index (χ0) is 14.1. The summed E-state index contributed by atoms with van der Waals surface area (Å²) >= 11 is 0. The highest BCUT2D eigenvalue weighted by atomic mass is 31.2. The molecule has 0 spiro atoms. The Morgan fingerprint density at radius 1 is 1.17 bits per heavy atom. The molecule has 0 heterocycles. The van der Waals surface area contributed by atoms with E-state index in [1.807, 2.05) is 20.8 Å². The van der Waals surface area contributed by atoms with Crippen molar-refractivity contribution in [3.05, 3.63) is 0 Å². The Morgan fingerprint density at radius 2 is 1.83 bits per heavy atom. The lowest BCUT2D eigenvalue weighted by Crippen LogP contribution is -2.35. The molecule has 0 amide bonds. The zero-order valence-electron chi connectivity index (χ0n) is 11.7. The molecule has 0 radical (unpaired) electrons. The van der Waals surface area contributed by atoms with Gasteiger partial charge >= 0.3 is 7.82 Å². The van der Waals surface area contributed by atoms with Crippen LogP contribution in [-0.2, 0) is 23.4 Å². The normalized spacial score (nSPS) is 18.3. The molecule has 18 heavy (non-hydrogen) atoms. The molecule has 0 rings (SSSR count). The summed E-state index contributed by atoms with van der Waals surface area (Å²) in [4.78, 5) is 14.4. The first kappa shape index (κ1) is 18.0. The summed E-state index contributed by atoms with van der Waals surface area (Å²) < 4.78 is 26.1. The minimum absolute atomic E-state index is 0.0693. The van der Waals surface area contributed by atoms with Crippen LogP contribution in [-0.4, -0.2) is 23.9 Å². The van der Waals surface area contributed by atoms with Gasteiger partial charge < -0.3 is 9.63 Å². The lowest BCUT2D eigenvalue weighted by atomic mass is 10.1. The van der Waals surface area contributed by atoms with Gasteiger partial charge in [0.1, 0.15) is 0 Å². The molecule has 1 N–H and O–H groups in total. The van der Waals surface area contributed by atoms with Crippen LogP contribution in [0.3, 0.4) is 0 Å². The maximum absolute atomic E-state index is 11.4. The minimum atomic E-state index is -4.16. The molecule has 0 aromatic carbocycles. The van der Waals surface area contributed by atoms with Gasteiger partial charge in [0, 0.05) is 19.4 Å². The second kappa shape index (κ2) is 9.02. The van der Waals surface area contributed by atoms with Gasteiger partial charge in [0.15, 0.2) is 0 Å². The van der Waals surface area contributed by atoms with Crippen molar-refractivity contribution in [3.8, 4) is 0 Å². The van der Waals surface area contributed by atoms with Gasteiger partial charge in [-0.05, 0) is 13.3 Å². The summed E-state index contributed by atoms with van der Waals surface area (Å²) in [5.41, 5.74) is 0. The largest absolute Gasteiger partial charge is 0.499 e. The fourth-order valence-electron chi connectivity index (χ4n) is 1.44. The Hall–Kier alpha value is 0.0300. The monoisotopic (exact) mass is 284 g/mol. The van der Waals surface area contributed by atoms with E-state index in [1.165, 1.54) is 0 Å². The Morgan fingerprint density at radius 3 is 2.28 bits per heavy atom. The van der Waals surface area contributed by atoms with Crippen molar-refractivity contribution in [1.29, 1.82) is 0 Å². The predicted octanol–water partition coefficient (Wildman–Crippen LogP) is 3.40. The quantitative estimate of drug-likeness (QED) is 0.271. The van der Waals surface area contributed by atoms with Gasteiger partial charge in [0.25, 0.3) is 0 Å². The van der Waals surface area contributed by atoms with Crippen molar-refractivity contribution in [1.82, 2.24) is 0 Å². The predicted molar refractivity (Wildman–Crippen MR) is 67.8 cm³/mol. The topological polar surface area (TPSA) is 74.2 Å². The number of phosphoric acid groups is 1. The minimum Gasteiger partial charge on any atom is -0.347 e. The van der Waals surface area contributed by atoms with E-state index in [2.05, 4.69) is 9.20 Å². The Balaban J connectivity index is 4.52. The fraction of sp³-hybridized carbons (Fsp3) is 1.00. The Labute approximate surface area is 109 Å². The van der Waals surface area contributed by atoms with Crippen LogP contribution < -0.4 is 0 Å². The van der Waals surface area contributed by atoms with Crippen molar-refractivity contribution in [2.75, 3.05) is 13.2 Å². The molecule has 0 saturated carbocycles. The van der Waals surface area contributed by atoms with Crippen LogP contribution >= 0.6 is 7.82 Å². The summed E-state index contributed by atoms with van der Waals surface area (Å²) in [6.45, 7) is 7.99. The molecule has 2 atom stereocenters. The summed E-state index contributed by atoms with van der Waals surface area (Å²) in [6.07, 6.45) is 2.74. The van der Waals surface area contributed by atoms with Gasteiger partial charge in [-0.1, -0.05) is 27.2 Å². The first-order valence-electron chi connectivity index (χ1n) is 6.44. The molecule has 0 aliphatic heterocycles. The van der Waals surface area contributed by atoms with Crippen molar-refractivity contribution >= 4 is 7.82 Å². The highest BCUT2D eigenvalue weighted by Crippen LogP contribution is 2.45. The first-order chi connectivity index (χ1) is 8.45. The van der Waals surface area contributed by atoms with Crippen molar-refractivity contribution in [2.24, 2.45) is 0 Å². The van der Waals surface area contributed by atoms with E-state index in [-0.39, 0.29) is 6.61 Å². The van der Waals surface area contributed by atoms with Crippen molar-refractivity contribution in [2.45, 2.75) is 59.2 Å². The molecule has 7 heteroatoms. The molecule has 0 fully saturated rings. The van der Waals surface area contributed by atoms with Crippen LogP contribution in [0.4, 0.5) is 0 Å². The lowest BCUT2D eigenvalue weighted by molar-refractivity contribution is -0.391. The van der Waals surface area contributed by atoms with Crippen LogP contribution in [0.5, 0.6) is 0 Å². The Kier molecular flexibility index (Phi) is 9.03. The first-order valence-corrected chi connectivity index (χ1v) is 7.93. The number of ether oxygens (including phenoxy) is 1. The number of hydrogen-bond donors (Lipinski definition) is 1. The molecule has 110 valence electrons. The average Bonchev–Trinajstić information content (AvgIpc) is 2.33. The summed E-state index contributed by atoms with van der Waals surface area (Å²) in [7, 11) is -4.16. The molecule has 0 aromatic heterocycles. The summed E-state index contributed by atoms with van der Waals surface area (Å²) in [6, 6.07) is 0. The summed E-state index contributed by atoms with van der Waals surface area (Å²) in [5, 5.41) is 0. The van der Waals surface area contributed by atoms with E-state index in [4.69, 9.17) is 9.62 Å². The molecule has 0 bridgehead atoms. The van der Waals surface area contributed by atoms with Crippen molar-refractivity contribution in [3.63, 3.8) is 0 Å². The maximum atomic E-state index is 11.4. The average molecular weight is 284 g/mol. The van der Waals surface area contributed by atoms with Crippen LogP contribution in [0, 0.1) is 0 Å². The molecular weight excluding hydrogens is 259 g/mol. The van der Waals surface area contributed by atoms with Crippen LogP contribution in [0.25, 0.3) is 0 Å². The highest BCUT2D eigenvalue weighted by molar-refractivity contribution is 7.47. The Bertz CT molecular complexity index is 260. The van der Waals surface area contributed by atoms with E-state index in [9.17, 15) is 9.46 Å². The van der Waals surface area contributed by atoms with Gasteiger partial charge in [-0.15, -0.1) is 4.67 Å². The van der Waals surface area contributed by atoms with E-state index in [1.54, 1.807) is 6.92 Å². The smallest absolute Gasteiger partial charge is 0.347 e. The van der Waals surface area contributed by atoms with E-state index in [0.29, 0.717) is 19.4 Å². The number of rotatable bonds is 11. The summed E-state index contributed by atoms with van der Waals surface area (Å²) in [5.74, 6) is -0.986. The third-order valence-electron chi connectivity index (χ3n) is 2.31. The van der Waals surface area contributed by atoms with Crippen LogP contribution in [0.15, 0.2) is 0 Å². The van der Waals surface area contributed by atoms with Gasteiger partial charge in [-0.25, -0.2) is 4.57 Å². The molecule has 6 nitrogen and oxygen atoms in total. The van der Waals surface area contributed by atoms with E-state index < -0.39 is 13.6 Å². The van der Waals surface area contributed by atoms with Crippen molar-refractivity contribution < 1.29 is 28.3 Å². The molecule has 0 aliphatic rings. The second-order valence-electron chi connectivity index (χ2n) is 3.91. The molecule has 0 saturated heterocycles. The third kappa shape index (κ3) is 6.83. The fourth-order valence-corrected chi connectivity index (χ4v) is 2.04. The molecular formula is C11H25O6P. The van der Waals surface area contributed by atoms with Gasteiger partial charge in [-0.3, -0.25) is 4.52 Å². The van der Waals surface area contributed by atoms with Gasteiger partial charge in [0.05, 0.1) is 6.61 Å². The highest BCUT2D eigenvalue weighted by Gasteiger charge is 2.35. The van der Waals surface area contributed by atoms with Crippen LogP contribution in [0.1, 0.15) is 53.4 Å². The standard InChI is InChI=1S/C11H25O6P/c1-5-9-11(7-3,14-10-6-2)16-17-18(12,13)15-8-4/h5-10H2,1-4H3,(H,12,13). The lowest BCUT2D eigenvalue weighted by Gasteiger charge is -2.31. The van der Waals surface area contributed by atoms with E-state index >= 15 is 0 Å².